The van der Waals surface area contributed by atoms with Crippen LogP contribution in [0.5, 0.6) is 0 Å². The highest BCUT2D eigenvalue weighted by molar-refractivity contribution is 5.74. The molecule has 2 rings (SSSR count). The summed E-state index contributed by atoms with van der Waals surface area (Å²) in [6.07, 6.45) is 4.86. The Bertz CT molecular complexity index is 633. The molecule has 0 aromatic carbocycles. The average Bonchev–Trinajstić information content (AvgIpc) is 3.11. The second-order valence-corrected chi connectivity index (χ2v) is 5.55. The van der Waals surface area contributed by atoms with E-state index in [4.69, 9.17) is 0 Å². The molecule has 2 aromatic rings. The van der Waals surface area contributed by atoms with Crippen LogP contribution in [0.1, 0.15) is 37.7 Å². The van der Waals surface area contributed by atoms with E-state index >= 15 is 0 Å². The highest BCUT2D eigenvalue weighted by atomic mass is 16.2. The molecule has 0 saturated heterocycles. The SMILES string of the molecule is CCc1nn(C)c(CC)c1CNC(=O)N[C@H](C)Cn1cncn1. The fourth-order valence-electron chi connectivity index (χ4n) is 2.69. The maximum atomic E-state index is 12.1. The van der Waals surface area contributed by atoms with Gasteiger partial charge in [0.2, 0.25) is 0 Å². The van der Waals surface area contributed by atoms with Gasteiger partial charge in [-0.3, -0.25) is 9.36 Å². The molecule has 0 saturated carbocycles. The standard InChI is InChI=1S/C15H25N7O/c1-5-13-12(14(6-2)21(4)20-13)7-17-15(23)19-11(3)8-22-10-16-9-18-22/h9-11H,5-8H2,1-4H3,(H2,17,19,23)/t11-/m1/s1. The van der Waals surface area contributed by atoms with E-state index in [2.05, 4.69) is 39.7 Å². The van der Waals surface area contributed by atoms with Crippen molar-refractivity contribution in [3.05, 3.63) is 29.6 Å². The minimum Gasteiger partial charge on any atom is -0.334 e. The fourth-order valence-corrected chi connectivity index (χ4v) is 2.69. The van der Waals surface area contributed by atoms with Crippen molar-refractivity contribution in [2.24, 2.45) is 7.05 Å². The lowest BCUT2D eigenvalue weighted by Crippen LogP contribution is -2.42. The molecule has 0 bridgehead atoms. The second kappa shape index (κ2) is 7.75. The molecule has 8 heteroatoms. The summed E-state index contributed by atoms with van der Waals surface area (Å²) in [6, 6.07) is -0.229. The van der Waals surface area contributed by atoms with Crippen molar-refractivity contribution >= 4 is 6.03 Å². The van der Waals surface area contributed by atoms with Gasteiger partial charge in [-0.25, -0.2) is 9.78 Å². The Morgan fingerprint density at radius 1 is 1.35 bits per heavy atom. The first kappa shape index (κ1) is 17.0. The summed E-state index contributed by atoms with van der Waals surface area (Å²) in [5.74, 6) is 0. The zero-order chi connectivity index (χ0) is 16.8. The van der Waals surface area contributed by atoms with Crippen molar-refractivity contribution in [1.29, 1.82) is 0 Å². The summed E-state index contributed by atoms with van der Waals surface area (Å²) >= 11 is 0. The highest BCUT2D eigenvalue weighted by Crippen LogP contribution is 2.15. The highest BCUT2D eigenvalue weighted by Gasteiger charge is 2.15. The summed E-state index contributed by atoms with van der Waals surface area (Å²) in [7, 11) is 1.95. The molecule has 2 heterocycles. The van der Waals surface area contributed by atoms with Crippen LogP contribution in [-0.4, -0.2) is 36.6 Å². The third kappa shape index (κ3) is 4.30. The van der Waals surface area contributed by atoms with Gasteiger partial charge >= 0.3 is 6.03 Å². The van der Waals surface area contributed by atoms with E-state index in [0.717, 1.165) is 29.8 Å². The first-order chi connectivity index (χ1) is 11.0. The van der Waals surface area contributed by atoms with E-state index in [1.807, 2.05) is 18.7 Å². The maximum Gasteiger partial charge on any atom is 0.315 e. The van der Waals surface area contributed by atoms with Gasteiger partial charge in [0, 0.05) is 30.9 Å². The number of hydrogen-bond donors (Lipinski definition) is 2. The van der Waals surface area contributed by atoms with Crippen molar-refractivity contribution in [1.82, 2.24) is 35.2 Å². The van der Waals surface area contributed by atoms with Gasteiger partial charge in [-0.2, -0.15) is 10.2 Å². The molecule has 2 aromatic heterocycles. The molecular weight excluding hydrogens is 294 g/mol. The van der Waals surface area contributed by atoms with Gasteiger partial charge in [0.25, 0.3) is 0 Å². The Morgan fingerprint density at radius 3 is 2.74 bits per heavy atom. The van der Waals surface area contributed by atoms with E-state index in [9.17, 15) is 4.79 Å². The number of hydrogen-bond acceptors (Lipinski definition) is 4. The van der Waals surface area contributed by atoms with E-state index < -0.39 is 0 Å². The van der Waals surface area contributed by atoms with Crippen LogP contribution in [0.25, 0.3) is 0 Å². The summed E-state index contributed by atoms with van der Waals surface area (Å²) in [6.45, 7) is 7.18. The Kier molecular flexibility index (Phi) is 5.72. The molecule has 0 spiro atoms. The van der Waals surface area contributed by atoms with Crippen molar-refractivity contribution in [3.8, 4) is 0 Å². The number of amides is 2. The number of rotatable bonds is 7. The number of nitrogens with zero attached hydrogens (tertiary/aromatic N) is 5. The molecule has 0 unspecified atom stereocenters. The molecular formula is C15H25N7O. The number of nitrogens with one attached hydrogen (secondary N) is 2. The van der Waals surface area contributed by atoms with Crippen LogP contribution in [-0.2, 0) is 33.0 Å². The number of carbonyl (C=O) groups excluding carboxylic acids is 1. The monoisotopic (exact) mass is 319 g/mol. The number of aryl methyl sites for hydroxylation is 2. The molecule has 0 aliphatic rings. The average molecular weight is 319 g/mol. The normalized spacial score (nSPS) is 12.2. The molecule has 0 radical (unpaired) electrons. The molecule has 126 valence electrons. The van der Waals surface area contributed by atoms with E-state index in [1.54, 1.807) is 11.0 Å². The van der Waals surface area contributed by atoms with Crippen molar-refractivity contribution in [2.45, 2.75) is 52.7 Å². The predicted molar refractivity (Wildman–Crippen MR) is 86.8 cm³/mol. The number of urea groups is 1. The largest absolute Gasteiger partial charge is 0.334 e. The van der Waals surface area contributed by atoms with Gasteiger partial charge in [0.1, 0.15) is 12.7 Å². The Hall–Kier alpha value is -2.38. The molecule has 0 fully saturated rings. The molecule has 1 atom stereocenters. The summed E-state index contributed by atoms with van der Waals surface area (Å²) in [5, 5.41) is 14.4. The third-order valence-electron chi connectivity index (χ3n) is 3.76. The lowest BCUT2D eigenvalue weighted by atomic mass is 10.1. The van der Waals surface area contributed by atoms with Crippen LogP contribution >= 0.6 is 0 Å². The predicted octanol–water partition coefficient (Wildman–Crippen LogP) is 1.02. The zero-order valence-corrected chi connectivity index (χ0v) is 14.2. The van der Waals surface area contributed by atoms with Crippen LogP contribution in [0, 0.1) is 0 Å². The molecule has 2 N–H and O–H groups in total. The summed E-state index contributed by atoms with van der Waals surface area (Å²) in [4.78, 5) is 16.0. The lowest BCUT2D eigenvalue weighted by molar-refractivity contribution is 0.235. The van der Waals surface area contributed by atoms with Crippen LogP contribution in [0.2, 0.25) is 0 Å². The lowest BCUT2D eigenvalue weighted by Gasteiger charge is -2.15. The van der Waals surface area contributed by atoms with Crippen LogP contribution in [0.15, 0.2) is 12.7 Å². The van der Waals surface area contributed by atoms with Crippen LogP contribution in [0.4, 0.5) is 4.79 Å². The fraction of sp³-hybridized carbons (Fsp3) is 0.600. The van der Waals surface area contributed by atoms with Gasteiger partial charge in [0.05, 0.1) is 12.2 Å². The minimum absolute atomic E-state index is 0.0399. The first-order valence-corrected chi connectivity index (χ1v) is 7.95. The van der Waals surface area contributed by atoms with Gasteiger partial charge in [-0.15, -0.1) is 0 Å². The maximum absolute atomic E-state index is 12.1. The zero-order valence-electron chi connectivity index (χ0n) is 14.2. The quantitative estimate of drug-likeness (QED) is 0.797. The van der Waals surface area contributed by atoms with Crippen molar-refractivity contribution in [2.75, 3.05) is 0 Å². The summed E-state index contributed by atoms with van der Waals surface area (Å²) < 4.78 is 3.59. The Labute approximate surface area is 136 Å². The van der Waals surface area contributed by atoms with Crippen molar-refractivity contribution < 1.29 is 4.79 Å². The third-order valence-corrected chi connectivity index (χ3v) is 3.76. The van der Waals surface area contributed by atoms with Gasteiger partial charge in [-0.05, 0) is 19.8 Å². The molecule has 0 aliphatic carbocycles. The summed E-state index contributed by atoms with van der Waals surface area (Å²) in [5.41, 5.74) is 3.33. The van der Waals surface area contributed by atoms with Gasteiger partial charge in [0.15, 0.2) is 0 Å². The van der Waals surface area contributed by atoms with Crippen LogP contribution < -0.4 is 10.6 Å². The van der Waals surface area contributed by atoms with Gasteiger partial charge in [-0.1, -0.05) is 13.8 Å². The molecule has 8 nitrogen and oxygen atoms in total. The smallest absolute Gasteiger partial charge is 0.315 e. The number of carbonyl (C=O) groups is 1. The molecule has 23 heavy (non-hydrogen) atoms. The molecule has 2 amide bonds. The Balaban J connectivity index is 1.89. The van der Waals surface area contributed by atoms with E-state index in [0.29, 0.717) is 13.1 Å². The first-order valence-electron chi connectivity index (χ1n) is 7.95. The van der Waals surface area contributed by atoms with Crippen molar-refractivity contribution in [3.63, 3.8) is 0 Å². The molecule has 0 aliphatic heterocycles. The number of aromatic nitrogens is 5. The van der Waals surface area contributed by atoms with Crippen LogP contribution in [0.3, 0.4) is 0 Å². The van der Waals surface area contributed by atoms with E-state index in [1.165, 1.54) is 6.33 Å². The van der Waals surface area contributed by atoms with E-state index in [-0.39, 0.29) is 12.1 Å². The topological polar surface area (TPSA) is 89.7 Å². The Morgan fingerprint density at radius 2 is 2.13 bits per heavy atom. The van der Waals surface area contributed by atoms with Gasteiger partial charge < -0.3 is 10.6 Å². The second-order valence-electron chi connectivity index (χ2n) is 5.55. The minimum atomic E-state index is -0.189.